The van der Waals surface area contributed by atoms with Crippen LogP contribution in [-0.4, -0.2) is 23.4 Å². The maximum absolute atomic E-state index is 14.6. The second-order valence-electron chi connectivity index (χ2n) is 12.2. The molecule has 0 aromatic heterocycles. The zero-order valence-electron chi connectivity index (χ0n) is 26.9. The molecule has 0 aliphatic rings. The van der Waals surface area contributed by atoms with Gasteiger partial charge in [0.1, 0.15) is 0 Å². The van der Waals surface area contributed by atoms with Crippen molar-refractivity contribution in [3.8, 4) is 0 Å². The van der Waals surface area contributed by atoms with E-state index in [9.17, 15) is 18.7 Å². The van der Waals surface area contributed by atoms with Crippen molar-refractivity contribution in [2.75, 3.05) is 12.3 Å². The molecule has 0 spiro atoms. The second-order valence-corrected chi connectivity index (χ2v) is 17.9. The van der Waals surface area contributed by atoms with E-state index in [1.54, 1.807) is 24.3 Å². The third-order valence-corrected chi connectivity index (χ3v) is 14.4. The van der Waals surface area contributed by atoms with Gasteiger partial charge >= 0.3 is 0 Å². The predicted octanol–water partition coefficient (Wildman–Crippen LogP) is 9.46. The molecule has 4 rings (SSSR count). The van der Waals surface area contributed by atoms with E-state index in [2.05, 4.69) is 0 Å². The summed E-state index contributed by atoms with van der Waals surface area (Å²) < 4.78 is 29.2. The molecule has 2 atom stereocenters. The first kappa shape index (κ1) is 33.6. The van der Waals surface area contributed by atoms with Gasteiger partial charge in [-0.2, -0.15) is 0 Å². The van der Waals surface area contributed by atoms with Gasteiger partial charge in [0.25, 0.3) is 0 Å². The first-order valence-electron chi connectivity index (χ1n) is 15.4. The molecule has 0 fully saturated rings. The maximum Gasteiger partial charge on any atom is 0.226 e. The molecule has 0 saturated carbocycles. The Labute approximate surface area is 263 Å². The third kappa shape index (κ3) is 7.14. The minimum absolute atomic E-state index is 0.276. The van der Waals surface area contributed by atoms with Crippen LogP contribution in [0, 0.1) is 41.5 Å². The van der Waals surface area contributed by atoms with Crippen LogP contribution in [0.5, 0.6) is 0 Å². The highest BCUT2D eigenvalue weighted by molar-refractivity contribution is 7.87. The SMILES string of the molecule is Cc1cc(C)c(C(=O)P(=O)(CCCCCCP(=O)(C(=O)c2c(C)cc(C)cc2C)c2ccccc2)c2ccccc2)c(C)c1. The van der Waals surface area contributed by atoms with E-state index >= 15 is 0 Å². The summed E-state index contributed by atoms with van der Waals surface area (Å²) in [6, 6.07) is 26.2. The summed E-state index contributed by atoms with van der Waals surface area (Å²) in [5.41, 5.74) is 6.12. The van der Waals surface area contributed by atoms with Crippen molar-refractivity contribution in [2.45, 2.75) is 67.2 Å². The van der Waals surface area contributed by atoms with Crippen molar-refractivity contribution >= 4 is 35.9 Å². The fourth-order valence-electron chi connectivity index (χ4n) is 6.45. The van der Waals surface area contributed by atoms with Crippen molar-refractivity contribution in [3.05, 3.63) is 129 Å². The Morgan fingerprint density at radius 2 is 0.773 bits per heavy atom. The quantitative estimate of drug-likeness (QED) is 0.110. The Morgan fingerprint density at radius 1 is 0.477 bits per heavy atom. The Kier molecular flexibility index (Phi) is 10.8. The molecule has 0 radical (unpaired) electrons. The summed E-state index contributed by atoms with van der Waals surface area (Å²) in [6.45, 7) is 11.6. The van der Waals surface area contributed by atoms with E-state index in [0.717, 1.165) is 46.2 Å². The summed E-state index contributed by atoms with van der Waals surface area (Å²) in [6.07, 6.45) is 3.20. The average Bonchev–Trinajstić information content (AvgIpc) is 2.98. The first-order chi connectivity index (χ1) is 20.9. The highest BCUT2D eigenvalue weighted by Crippen LogP contribution is 2.51. The highest BCUT2D eigenvalue weighted by atomic mass is 31.2. The van der Waals surface area contributed by atoms with Crippen molar-refractivity contribution < 1.29 is 18.7 Å². The molecule has 0 N–H and O–H groups in total. The van der Waals surface area contributed by atoms with Gasteiger partial charge in [0.05, 0.1) is 0 Å². The van der Waals surface area contributed by atoms with Crippen LogP contribution in [0.15, 0.2) is 84.9 Å². The number of hydrogen-bond donors (Lipinski definition) is 0. The lowest BCUT2D eigenvalue weighted by Gasteiger charge is -2.21. The van der Waals surface area contributed by atoms with E-state index in [1.807, 2.05) is 102 Å². The minimum Gasteiger partial charge on any atom is -0.310 e. The lowest BCUT2D eigenvalue weighted by molar-refractivity contribution is 0.106. The molecule has 6 heteroatoms. The van der Waals surface area contributed by atoms with Gasteiger partial charge in [0, 0.05) is 34.1 Å². The number of benzene rings is 4. The number of rotatable bonds is 13. The number of carbonyl (C=O) groups is 2. The summed E-state index contributed by atoms with van der Waals surface area (Å²) in [5, 5.41) is 1.18. The molecule has 0 heterocycles. The zero-order chi connectivity index (χ0) is 32.1. The monoisotopic (exact) mass is 626 g/mol. The van der Waals surface area contributed by atoms with Crippen LogP contribution < -0.4 is 10.6 Å². The lowest BCUT2D eigenvalue weighted by Crippen LogP contribution is -2.18. The van der Waals surface area contributed by atoms with Crippen LogP contribution in [0.25, 0.3) is 0 Å². The van der Waals surface area contributed by atoms with Gasteiger partial charge in [0.15, 0.2) is 14.3 Å². The molecule has 2 unspecified atom stereocenters. The fourth-order valence-corrected chi connectivity index (χ4v) is 11.9. The molecule has 230 valence electrons. The van der Waals surface area contributed by atoms with Gasteiger partial charge in [-0.15, -0.1) is 0 Å². The van der Waals surface area contributed by atoms with Crippen molar-refractivity contribution in [1.29, 1.82) is 0 Å². The van der Waals surface area contributed by atoms with Crippen LogP contribution in [-0.2, 0) is 9.13 Å². The Morgan fingerprint density at radius 3 is 1.07 bits per heavy atom. The highest BCUT2D eigenvalue weighted by Gasteiger charge is 2.37. The number of unbranched alkanes of at least 4 members (excludes halogenated alkanes) is 3. The third-order valence-electron chi connectivity index (χ3n) is 8.48. The number of aryl methyl sites for hydroxylation is 6. The first-order valence-corrected chi connectivity index (χ1v) is 19.2. The van der Waals surface area contributed by atoms with Gasteiger partial charge in [0.2, 0.25) is 11.0 Å². The molecule has 0 amide bonds. The van der Waals surface area contributed by atoms with Crippen LogP contribution in [0.4, 0.5) is 0 Å². The van der Waals surface area contributed by atoms with Crippen molar-refractivity contribution in [3.63, 3.8) is 0 Å². The lowest BCUT2D eigenvalue weighted by atomic mass is 10.0. The summed E-state index contributed by atoms with van der Waals surface area (Å²) in [7, 11) is -6.80. The zero-order valence-corrected chi connectivity index (χ0v) is 28.6. The van der Waals surface area contributed by atoms with E-state index in [0.29, 0.717) is 34.6 Å². The van der Waals surface area contributed by atoms with E-state index in [-0.39, 0.29) is 23.4 Å². The molecule has 44 heavy (non-hydrogen) atoms. The smallest absolute Gasteiger partial charge is 0.226 e. The van der Waals surface area contributed by atoms with Crippen molar-refractivity contribution in [1.82, 2.24) is 0 Å². The van der Waals surface area contributed by atoms with Crippen LogP contribution >= 0.6 is 14.3 Å². The van der Waals surface area contributed by atoms with Crippen LogP contribution in [0.2, 0.25) is 0 Å². The topological polar surface area (TPSA) is 68.3 Å². The van der Waals surface area contributed by atoms with Crippen LogP contribution in [0.1, 0.15) is 79.8 Å². The van der Waals surface area contributed by atoms with Crippen LogP contribution in [0.3, 0.4) is 0 Å². The van der Waals surface area contributed by atoms with Gasteiger partial charge in [-0.3, -0.25) is 9.59 Å². The molecule has 4 aromatic rings. The molecule has 4 aromatic carbocycles. The standard InChI is InChI=1S/C38H44O4P2/c1-27-23-29(3)35(30(4)24-27)37(39)43(41,33-17-11-9-12-18-33)21-15-7-8-16-22-44(42,34-19-13-10-14-20-34)38(40)36-31(5)25-28(2)26-32(36)6/h9-14,17-20,23-26H,7-8,15-16,21-22H2,1-6H3. The normalized spacial score (nSPS) is 14.0. The van der Waals surface area contributed by atoms with E-state index in [1.165, 1.54) is 0 Å². The van der Waals surface area contributed by atoms with Gasteiger partial charge in [-0.05, 0) is 76.6 Å². The summed E-state index contributed by atoms with van der Waals surface area (Å²) in [4.78, 5) is 28.0. The number of carbonyl (C=O) groups excluding carboxylic acids is 2. The summed E-state index contributed by atoms with van der Waals surface area (Å²) >= 11 is 0. The molecular weight excluding hydrogens is 582 g/mol. The molecule has 0 bridgehead atoms. The Bertz CT molecular complexity index is 1580. The number of hydrogen-bond acceptors (Lipinski definition) is 4. The Hall–Kier alpha value is -3.32. The van der Waals surface area contributed by atoms with E-state index in [4.69, 9.17) is 0 Å². The Balaban J connectivity index is 1.50. The molecule has 0 saturated heterocycles. The largest absolute Gasteiger partial charge is 0.310 e. The second kappa shape index (κ2) is 14.2. The molecule has 0 aliphatic carbocycles. The molecule has 4 nitrogen and oxygen atoms in total. The van der Waals surface area contributed by atoms with Crippen molar-refractivity contribution in [2.24, 2.45) is 0 Å². The van der Waals surface area contributed by atoms with Gasteiger partial charge in [-0.25, -0.2) is 0 Å². The maximum atomic E-state index is 14.6. The van der Waals surface area contributed by atoms with Gasteiger partial charge in [-0.1, -0.05) is 109 Å². The molecular formula is C38H44O4P2. The van der Waals surface area contributed by atoms with E-state index < -0.39 is 14.3 Å². The minimum atomic E-state index is -3.40. The summed E-state index contributed by atoms with van der Waals surface area (Å²) in [5.74, 6) is 0. The average molecular weight is 627 g/mol. The predicted molar refractivity (Wildman–Crippen MR) is 186 cm³/mol. The molecule has 0 aliphatic heterocycles. The van der Waals surface area contributed by atoms with Gasteiger partial charge < -0.3 is 9.13 Å². The fraction of sp³-hybridized carbons (Fsp3) is 0.316.